The molecule has 1 unspecified atom stereocenters. The normalized spacial score (nSPS) is 14.4. The SMILES string of the molecule is CCCCCCC(CCC(=O)OCC(F)(F)S(=O)(=O)[O-])[Si](C)(C)OC. The standard InChI is InChI=1S/C15H30F2O6SSi/c1-5-6-7-8-9-13(25(3,4)22-2)10-11-14(18)23-12-15(16,17)24(19,20)21/h13H,5-12H2,1-4H3,(H,19,20,21)/p-1. The van der Waals surface area contributed by atoms with Crippen molar-refractivity contribution in [3.63, 3.8) is 0 Å². The number of hydrogen-bond donors (Lipinski definition) is 0. The highest BCUT2D eigenvalue weighted by Gasteiger charge is 2.39. The molecule has 0 saturated carbocycles. The average Bonchev–Trinajstić information content (AvgIpc) is 2.50. The smallest absolute Gasteiger partial charge is 0.367 e. The van der Waals surface area contributed by atoms with Crippen LogP contribution in [-0.2, 0) is 24.1 Å². The van der Waals surface area contributed by atoms with Crippen LogP contribution in [0.3, 0.4) is 0 Å². The molecular formula is C15H29F2O6SSi-. The number of hydrogen-bond acceptors (Lipinski definition) is 6. The highest BCUT2D eigenvalue weighted by Crippen LogP contribution is 2.33. The van der Waals surface area contributed by atoms with E-state index >= 15 is 0 Å². The molecule has 0 aliphatic carbocycles. The minimum Gasteiger partial charge on any atom is -0.743 e. The van der Waals surface area contributed by atoms with Gasteiger partial charge in [0.1, 0.15) is 0 Å². The summed E-state index contributed by atoms with van der Waals surface area (Å²) in [5, 5.41) is -4.61. The fourth-order valence-electron chi connectivity index (χ4n) is 2.42. The van der Waals surface area contributed by atoms with E-state index in [1.165, 1.54) is 0 Å². The Morgan fingerprint density at radius 3 is 2.28 bits per heavy atom. The molecule has 0 amide bonds. The Morgan fingerprint density at radius 1 is 1.20 bits per heavy atom. The summed E-state index contributed by atoms with van der Waals surface area (Å²) in [6, 6.07) is 0. The summed E-state index contributed by atoms with van der Waals surface area (Å²) in [5.41, 5.74) is 0.158. The van der Waals surface area contributed by atoms with Crippen LogP contribution in [0, 0.1) is 0 Å². The molecule has 25 heavy (non-hydrogen) atoms. The van der Waals surface area contributed by atoms with Gasteiger partial charge in [-0.2, -0.15) is 8.78 Å². The molecule has 0 heterocycles. The van der Waals surface area contributed by atoms with Crippen molar-refractivity contribution in [2.75, 3.05) is 13.7 Å². The third-order valence-corrected chi connectivity index (χ3v) is 8.82. The quantitative estimate of drug-likeness (QED) is 0.202. The summed E-state index contributed by atoms with van der Waals surface area (Å²) in [5.74, 6) is -0.942. The van der Waals surface area contributed by atoms with Gasteiger partial charge in [-0.3, -0.25) is 4.79 Å². The van der Waals surface area contributed by atoms with Crippen LogP contribution in [0.25, 0.3) is 0 Å². The summed E-state index contributed by atoms with van der Waals surface area (Å²) in [4.78, 5) is 11.6. The molecule has 6 nitrogen and oxygen atoms in total. The second-order valence-electron chi connectivity index (χ2n) is 6.64. The van der Waals surface area contributed by atoms with Crippen molar-refractivity contribution in [1.29, 1.82) is 0 Å². The lowest BCUT2D eigenvalue weighted by atomic mass is 10.1. The van der Waals surface area contributed by atoms with Crippen molar-refractivity contribution < 1.29 is 35.7 Å². The molecule has 10 heteroatoms. The van der Waals surface area contributed by atoms with Gasteiger partial charge < -0.3 is 13.7 Å². The summed E-state index contributed by atoms with van der Waals surface area (Å²) in [6.45, 7) is 4.42. The number of esters is 1. The van der Waals surface area contributed by atoms with E-state index in [0.29, 0.717) is 6.42 Å². The van der Waals surface area contributed by atoms with Crippen LogP contribution in [0.15, 0.2) is 0 Å². The van der Waals surface area contributed by atoms with Gasteiger partial charge in [0.2, 0.25) is 0 Å². The first-order valence-electron chi connectivity index (χ1n) is 8.41. The molecule has 0 N–H and O–H groups in total. The van der Waals surface area contributed by atoms with Crippen molar-refractivity contribution in [3.8, 4) is 0 Å². The van der Waals surface area contributed by atoms with Crippen molar-refractivity contribution >= 4 is 24.4 Å². The number of carbonyl (C=O) groups is 1. The number of unbranched alkanes of at least 4 members (excludes halogenated alkanes) is 3. The zero-order valence-electron chi connectivity index (χ0n) is 15.3. The number of ether oxygens (including phenoxy) is 1. The Balaban J connectivity index is 4.54. The van der Waals surface area contributed by atoms with Crippen molar-refractivity contribution in [1.82, 2.24) is 0 Å². The number of halogens is 2. The van der Waals surface area contributed by atoms with Crippen LogP contribution in [0.1, 0.15) is 51.9 Å². The Bertz CT molecular complexity index is 510. The maximum absolute atomic E-state index is 13.0. The predicted octanol–water partition coefficient (Wildman–Crippen LogP) is 3.64. The summed E-state index contributed by atoms with van der Waals surface area (Å²) >= 11 is 0. The average molecular weight is 404 g/mol. The molecule has 150 valence electrons. The van der Waals surface area contributed by atoms with Crippen LogP contribution >= 0.6 is 0 Å². The maximum Gasteiger partial charge on any atom is 0.367 e. The lowest BCUT2D eigenvalue weighted by Crippen LogP contribution is -2.36. The van der Waals surface area contributed by atoms with Crippen molar-refractivity contribution in [3.05, 3.63) is 0 Å². The maximum atomic E-state index is 13.0. The molecule has 0 aliphatic rings. The Kier molecular flexibility index (Phi) is 10.3. The van der Waals surface area contributed by atoms with E-state index < -0.39 is 36.3 Å². The van der Waals surface area contributed by atoms with Gasteiger partial charge in [0, 0.05) is 13.5 Å². The molecule has 0 rings (SSSR count). The van der Waals surface area contributed by atoms with Crippen LogP contribution in [0.4, 0.5) is 8.78 Å². The molecule has 0 aromatic rings. The van der Waals surface area contributed by atoms with Crippen LogP contribution in [-0.4, -0.2) is 46.2 Å². The number of rotatable bonds is 13. The zero-order valence-corrected chi connectivity index (χ0v) is 17.2. The largest absolute Gasteiger partial charge is 0.743 e. The van der Waals surface area contributed by atoms with Gasteiger partial charge in [0.15, 0.2) is 25.0 Å². The lowest BCUT2D eigenvalue weighted by Gasteiger charge is -2.31. The highest BCUT2D eigenvalue weighted by molar-refractivity contribution is 7.86. The first kappa shape index (κ1) is 24.4. The summed E-state index contributed by atoms with van der Waals surface area (Å²) < 4.78 is 66.9. The fraction of sp³-hybridized carbons (Fsp3) is 0.933. The van der Waals surface area contributed by atoms with Gasteiger partial charge in [0.25, 0.3) is 0 Å². The molecule has 0 bridgehead atoms. The van der Waals surface area contributed by atoms with Gasteiger partial charge in [-0.15, -0.1) is 0 Å². The molecule has 0 aliphatic heterocycles. The van der Waals surface area contributed by atoms with Gasteiger partial charge in [-0.25, -0.2) is 8.42 Å². The third kappa shape index (κ3) is 9.07. The second kappa shape index (κ2) is 10.5. The van der Waals surface area contributed by atoms with E-state index in [1.54, 1.807) is 7.11 Å². The van der Waals surface area contributed by atoms with E-state index in [4.69, 9.17) is 4.43 Å². The number of alkyl halides is 2. The van der Waals surface area contributed by atoms with Crippen molar-refractivity contribution in [2.24, 2.45) is 0 Å². The Labute approximate surface area is 150 Å². The minimum atomic E-state index is -5.85. The van der Waals surface area contributed by atoms with Gasteiger partial charge >= 0.3 is 11.2 Å². The predicted molar refractivity (Wildman–Crippen MR) is 91.8 cm³/mol. The molecule has 0 aromatic carbocycles. The van der Waals surface area contributed by atoms with E-state index in [9.17, 15) is 26.5 Å². The zero-order chi connectivity index (χ0) is 19.7. The minimum absolute atomic E-state index is 0.118. The van der Waals surface area contributed by atoms with Crippen LogP contribution < -0.4 is 0 Å². The summed E-state index contributed by atoms with van der Waals surface area (Å²) in [6.07, 6.45) is 5.51. The topological polar surface area (TPSA) is 92.7 Å². The van der Waals surface area contributed by atoms with E-state index in [-0.39, 0.29) is 12.0 Å². The second-order valence-corrected chi connectivity index (χ2v) is 12.6. The van der Waals surface area contributed by atoms with Crippen LogP contribution in [0.5, 0.6) is 0 Å². The molecule has 0 fully saturated rings. The van der Waals surface area contributed by atoms with Gasteiger partial charge in [0.05, 0.1) is 0 Å². The van der Waals surface area contributed by atoms with Crippen molar-refractivity contribution in [2.45, 2.75) is 75.8 Å². The third-order valence-electron chi connectivity index (χ3n) is 4.38. The van der Waals surface area contributed by atoms with E-state index in [0.717, 1.165) is 32.1 Å². The van der Waals surface area contributed by atoms with Gasteiger partial charge in [-0.05, 0) is 25.1 Å². The number of carbonyl (C=O) groups excluding carboxylic acids is 1. The molecule has 0 spiro atoms. The van der Waals surface area contributed by atoms with Gasteiger partial charge in [-0.1, -0.05) is 39.0 Å². The molecule has 0 saturated heterocycles. The first-order chi connectivity index (χ1) is 11.4. The fourth-order valence-corrected chi connectivity index (χ4v) is 4.70. The molecule has 0 radical (unpaired) electrons. The lowest BCUT2D eigenvalue weighted by molar-refractivity contribution is -0.149. The first-order valence-corrected chi connectivity index (χ1v) is 12.8. The Hall–Kier alpha value is -0.583. The van der Waals surface area contributed by atoms with E-state index in [2.05, 4.69) is 11.7 Å². The molecule has 0 aromatic heterocycles. The van der Waals surface area contributed by atoms with E-state index in [1.807, 2.05) is 13.1 Å². The summed E-state index contributed by atoms with van der Waals surface area (Å²) in [7, 11) is -6.24. The monoisotopic (exact) mass is 403 g/mol. The van der Waals surface area contributed by atoms with Crippen LogP contribution in [0.2, 0.25) is 18.6 Å². The molecular weight excluding hydrogens is 374 g/mol. The highest BCUT2D eigenvalue weighted by atomic mass is 32.2. The Morgan fingerprint density at radius 2 is 1.80 bits per heavy atom. The molecule has 1 atom stereocenters.